The second-order valence-corrected chi connectivity index (χ2v) is 20.1. The lowest BCUT2D eigenvalue weighted by molar-refractivity contribution is -0.384. The molecule has 2 aromatic heterocycles. The summed E-state index contributed by atoms with van der Waals surface area (Å²) in [6.07, 6.45) is 7.12. The maximum Gasteiger partial charge on any atom is 0.297 e. The summed E-state index contributed by atoms with van der Waals surface area (Å²) in [7, 11) is -4.65. The fourth-order valence-corrected chi connectivity index (χ4v) is 10.2. The number of amides is 1. The van der Waals surface area contributed by atoms with E-state index in [0.29, 0.717) is 44.1 Å². The summed E-state index contributed by atoms with van der Waals surface area (Å²) in [4.78, 5) is 39.7. The molecule has 3 N–H and O–H groups in total. The molecule has 342 valence electrons. The molecule has 1 aliphatic carbocycles. The number of hydrogen-bond acceptors (Lipinski definition) is 13. The maximum absolute atomic E-state index is 14.1. The first kappa shape index (κ1) is 44.5. The molecule has 18 heteroatoms. The molecule has 16 nitrogen and oxygen atoms in total. The van der Waals surface area contributed by atoms with Crippen LogP contribution < -0.4 is 24.4 Å². The molecule has 0 spiro atoms. The van der Waals surface area contributed by atoms with Crippen LogP contribution in [0.15, 0.2) is 89.6 Å². The van der Waals surface area contributed by atoms with E-state index < -0.39 is 31.4 Å². The van der Waals surface area contributed by atoms with E-state index in [1.165, 1.54) is 35.0 Å². The highest BCUT2D eigenvalue weighted by atomic mass is 35.5. The first-order valence-electron chi connectivity index (χ1n) is 22.1. The quantitative estimate of drug-likeness (QED) is 0.0771. The van der Waals surface area contributed by atoms with Crippen LogP contribution in [0.4, 0.5) is 17.1 Å². The number of nitrogens with zero attached hydrogens (tertiary/aromatic N) is 5. The first-order valence-corrected chi connectivity index (χ1v) is 23.9. The molecule has 5 heterocycles. The molecule has 3 aliphatic heterocycles. The van der Waals surface area contributed by atoms with Crippen molar-refractivity contribution in [2.24, 2.45) is 5.41 Å². The van der Waals surface area contributed by atoms with Crippen molar-refractivity contribution in [2.75, 3.05) is 82.4 Å². The molecule has 65 heavy (non-hydrogen) atoms. The Morgan fingerprint density at radius 1 is 1.02 bits per heavy atom. The van der Waals surface area contributed by atoms with Gasteiger partial charge in [-0.15, -0.1) is 0 Å². The summed E-state index contributed by atoms with van der Waals surface area (Å²) in [5.74, 6) is -0.508. The lowest BCUT2D eigenvalue weighted by Crippen LogP contribution is -2.47. The molecule has 0 radical (unpaired) electrons. The molecular weight excluding hydrogens is 872 g/mol. The van der Waals surface area contributed by atoms with Gasteiger partial charge in [0.25, 0.3) is 21.6 Å². The van der Waals surface area contributed by atoms with Gasteiger partial charge in [0.1, 0.15) is 23.8 Å². The van der Waals surface area contributed by atoms with Crippen molar-refractivity contribution in [3.8, 4) is 17.2 Å². The van der Waals surface area contributed by atoms with Crippen LogP contribution in [0.1, 0.15) is 55.5 Å². The summed E-state index contributed by atoms with van der Waals surface area (Å²) in [5, 5.41) is 17.0. The Balaban J connectivity index is 0.928. The summed E-state index contributed by atoms with van der Waals surface area (Å²) < 4.78 is 47.7. The number of carbonyl (C=O) groups is 1. The Labute approximate surface area is 383 Å². The molecule has 5 aromatic rings. The molecule has 1 atom stereocenters. The third-order valence-corrected chi connectivity index (χ3v) is 14.4. The van der Waals surface area contributed by atoms with Gasteiger partial charge in [0, 0.05) is 92.9 Å². The summed E-state index contributed by atoms with van der Waals surface area (Å²) in [6.45, 7) is 12.4. The summed E-state index contributed by atoms with van der Waals surface area (Å²) >= 11 is 6.25. The van der Waals surface area contributed by atoms with Gasteiger partial charge < -0.3 is 29.4 Å². The largest absolute Gasteiger partial charge is 0.489 e. The van der Waals surface area contributed by atoms with Crippen LogP contribution in [0.25, 0.3) is 16.6 Å². The predicted octanol–water partition coefficient (Wildman–Crippen LogP) is 7.72. The number of benzene rings is 3. The van der Waals surface area contributed by atoms with Gasteiger partial charge in [-0.1, -0.05) is 43.2 Å². The van der Waals surface area contributed by atoms with Crippen LogP contribution in [0, 0.1) is 15.5 Å². The Bertz CT molecular complexity index is 2730. The Morgan fingerprint density at radius 2 is 1.80 bits per heavy atom. The second kappa shape index (κ2) is 18.6. The minimum atomic E-state index is -4.65. The number of nitrogens with one attached hydrogen (secondary N) is 3. The zero-order valence-electron chi connectivity index (χ0n) is 36.5. The standard InChI is InChI=1S/C47H53ClN8O8S/c1-47(2)12-9-33(40(27-47)31-3-5-34(48)6-4-31)29-54-15-17-55(18-16-54)36-7-8-39(42(24-36)64-37-23-32-10-13-49-45(32)50-28-37)46(57)52-65(60,61)38-25-41(56(58)59)44-43(26-38)63-30-35(51-44)11-14-53-19-21-62-22-20-53/h3-8,10,13,23-26,28,35,51H,9,11-12,14-22,27,29-30H2,1-2H3,(H,49,50)(H,52,57)/t35-/m0/s1. The van der Waals surface area contributed by atoms with Gasteiger partial charge in [-0.2, -0.15) is 0 Å². The molecule has 2 saturated heterocycles. The number of halogens is 1. The van der Waals surface area contributed by atoms with Crippen LogP contribution in [-0.2, 0) is 14.8 Å². The number of sulfonamides is 1. The number of pyridine rings is 1. The van der Waals surface area contributed by atoms with Crippen molar-refractivity contribution >= 4 is 61.2 Å². The maximum atomic E-state index is 14.1. The van der Waals surface area contributed by atoms with E-state index in [1.54, 1.807) is 24.4 Å². The Morgan fingerprint density at radius 3 is 2.57 bits per heavy atom. The highest BCUT2D eigenvalue weighted by Gasteiger charge is 2.33. The number of morpholine rings is 1. The smallest absolute Gasteiger partial charge is 0.297 e. The van der Waals surface area contributed by atoms with Gasteiger partial charge in [-0.05, 0) is 78.6 Å². The fourth-order valence-electron chi connectivity index (χ4n) is 9.11. The molecule has 0 saturated carbocycles. The highest BCUT2D eigenvalue weighted by Crippen LogP contribution is 2.44. The molecule has 3 aromatic carbocycles. The van der Waals surface area contributed by atoms with Gasteiger partial charge in [-0.3, -0.25) is 24.7 Å². The highest BCUT2D eigenvalue weighted by molar-refractivity contribution is 7.90. The van der Waals surface area contributed by atoms with Crippen LogP contribution in [0.3, 0.4) is 0 Å². The lowest BCUT2D eigenvalue weighted by atomic mass is 9.72. The van der Waals surface area contributed by atoms with Crippen molar-refractivity contribution in [2.45, 2.75) is 50.5 Å². The number of piperazine rings is 1. The van der Waals surface area contributed by atoms with Crippen molar-refractivity contribution in [1.82, 2.24) is 24.5 Å². The minimum absolute atomic E-state index is 0.0113. The number of aromatic amines is 1. The van der Waals surface area contributed by atoms with Gasteiger partial charge >= 0.3 is 0 Å². The number of aromatic nitrogens is 2. The fraction of sp³-hybridized carbons (Fsp3) is 0.404. The second-order valence-electron chi connectivity index (χ2n) is 18.0. The van der Waals surface area contributed by atoms with E-state index in [2.05, 4.69) is 60.7 Å². The molecule has 0 bridgehead atoms. The number of rotatable bonds is 13. The third-order valence-electron chi connectivity index (χ3n) is 12.8. The van der Waals surface area contributed by atoms with Gasteiger partial charge in [0.05, 0.1) is 40.8 Å². The molecular formula is C47H53ClN8O8S. The molecule has 9 rings (SSSR count). The first-order chi connectivity index (χ1) is 31.3. The number of carbonyl (C=O) groups excluding carboxylic acids is 1. The summed E-state index contributed by atoms with van der Waals surface area (Å²) in [6, 6.07) is 18.7. The van der Waals surface area contributed by atoms with E-state index in [9.17, 15) is 23.3 Å². The lowest BCUT2D eigenvalue weighted by Gasteiger charge is -2.39. The third kappa shape index (κ3) is 10.2. The van der Waals surface area contributed by atoms with E-state index in [-0.39, 0.29) is 40.8 Å². The topological polar surface area (TPSA) is 184 Å². The van der Waals surface area contributed by atoms with Gasteiger partial charge in [0.15, 0.2) is 11.4 Å². The Hall–Kier alpha value is -5.72. The van der Waals surface area contributed by atoms with E-state index in [1.807, 2.05) is 18.2 Å². The van der Waals surface area contributed by atoms with Crippen LogP contribution in [-0.4, -0.2) is 117 Å². The molecule has 1 amide bonds. The monoisotopic (exact) mass is 924 g/mol. The number of nitro benzene ring substituents is 1. The van der Waals surface area contributed by atoms with Crippen LogP contribution in [0.5, 0.6) is 17.2 Å². The van der Waals surface area contributed by atoms with Crippen LogP contribution >= 0.6 is 11.6 Å². The SMILES string of the molecule is CC1(C)CCC(CN2CCN(c3ccc(C(=O)NS(=O)(=O)c4cc5c(c([N+](=O)[O-])c4)N[C@@H](CCN4CCOCC4)CO5)c(Oc4cnc5[nH]ccc5c4)c3)CC2)=C(c2ccc(Cl)cc2)C1. The normalized spacial score (nSPS) is 19.3. The number of anilines is 2. The zero-order valence-corrected chi connectivity index (χ0v) is 38.1. The number of nitro groups is 1. The van der Waals surface area contributed by atoms with E-state index >= 15 is 0 Å². The van der Waals surface area contributed by atoms with Crippen molar-refractivity contribution in [1.29, 1.82) is 0 Å². The van der Waals surface area contributed by atoms with E-state index in [0.717, 1.165) is 80.7 Å². The number of allylic oxidation sites excluding steroid dienone is 1. The van der Waals surface area contributed by atoms with Crippen LogP contribution in [0.2, 0.25) is 5.02 Å². The van der Waals surface area contributed by atoms with Gasteiger partial charge in [-0.25, -0.2) is 18.1 Å². The number of fused-ring (bicyclic) bond motifs is 2. The zero-order chi connectivity index (χ0) is 45.3. The van der Waals surface area contributed by atoms with Gasteiger partial charge in [0.2, 0.25) is 0 Å². The molecule has 0 unspecified atom stereocenters. The average molecular weight is 926 g/mol. The summed E-state index contributed by atoms with van der Waals surface area (Å²) in [5.41, 5.74) is 5.33. The average Bonchev–Trinajstić information content (AvgIpc) is 3.77. The predicted molar refractivity (Wildman–Crippen MR) is 250 cm³/mol. The molecule has 2 fully saturated rings. The van der Waals surface area contributed by atoms with Crippen molar-refractivity contribution in [3.05, 3.63) is 111 Å². The van der Waals surface area contributed by atoms with Crippen molar-refractivity contribution < 1.29 is 32.3 Å². The van der Waals surface area contributed by atoms with Crippen molar-refractivity contribution in [3.63, 3.8) is 0 Å². The van der Waals surface area contributed by atoms with E-state index in [4.69, 9.17) is 25.8 Å². The number of hydrogen-bond donors (Lipinski definition) is 3. The number of ether oxygens (including phenoxy) is 3. The molecule has 4 aliphatic rings. The minimum Gasteiger partial charge on any atom is -0.489 e. The Kier molecular flexibility index (Phi) is 12.8. The number of H-pyrrole nitrogens is 1.